The van der Waals surface area contributed by atoms with Crippen molar-refractivity contribution < 1.29 is 19.0 Å². The van der Waals surface area contributed by atoms with Gasteiger partial charge in [-0.25, -0.2) is 4.98 Å². The molecular weight excluding hydrogens is 444 g/mol. The van der Waals surface area contributed by atoms with Gasteiger partial charge in [-0.15, -0.1) is 0 Å². The molecule has 2 N–H and O–H groups in total. The molecule has 3 aromatic carbocycles. The van der Waals surface area contributed by atoms with Gasteiger partial charge in [0.25, 0.3) is 5.91 Å². The Morgan fingerprint density at radius 1 is 0.914 bits per heavy atom. The zero-order valence-electron chi connectivity index (χ0n) is 20.0. The van der Waals surface area contributed by atoms with Gasteiger partial charge in [0.2, 0.25) is 5.95 Å². The zero-order valence-corrected chi connectivity index (χ0v) is 20.0. The van der Waals surface area contributed by atoms with Crippen molar-refractivity contribution >= 4 is 28.6 Å². The fourth-order valence-corrected chi connectivity index (χ4v) is 4.62. The van der Waals surface area contributed by atoms with Gasteiger partial charge in [0.05, 0.1) is 49.7 Å². The first-order chi connectivity index (χ1) is 17.1. The normalized spacial score (nSPS) is 14.8. The first-order valence-corrected chi connectivity index (χ1v) is 11.2. The summed E-state index contributed by atoms with van der Waals surface area (Å²) in [6, 6.07) is 20.3. The number of benzene rings is 3. The van der Waals surface area contributed by atoms with E-state index in [0.29, 0.717) is 40.2 Å². The van der Waals surface area contributed by atoms with Gasteiger partial charge < -0.3 is 24.8 Å². The van der Waals surface area contributed by atoms with Crippen LogP contribution in [0, 0.1) is 0 Å². The summed E-state index contributed by atoms with van der Waals surface area (Å²) in [6.45, 7) is 1.87. The van der Waals surface area contributed by atoms with Crippen LogP contribution in [-0.4, -0.2) is 36.8 Å². The number of hydrogen-bond donors (Lipinski definition) is 2. The molecule has 0 aliphatic carbocycles. The largest absolute Gasteiger partial charge is 0.495 e. The number of ether oxygens (including phenoxy) is 3. The average Bonchev–Trinajstić information content (AvgIpc) is 3.25. The molecule has 1 atom stereocenters. The van der Waals surface area contributed by atoms with Gasteiger partial charge in [-0.2, -0.15) is 0 Å². The first-order valence-electron chi connectivity index (χ1n) is 11.2. The summed E-state index contributed by atoms with van der Waals surface area (Å²) < 4.78 is 18.8. The lowest BCUT2D eigenvalue weighted by molar-refractivity contribution is -0.113. The van der Waals surface area contributed by atoms with Crippen LogP contribution < -0.4 is 24.8 Å². The third kappa shape index (κ3) is 3.73. The van der Waals surface area contributed by atoms with Crippen LogP contribution in [0.1, 0.15) is 18.5 Å². The van der Waals surface area contributed by atoms with Gasteiger partial charge in [0, 0.05) is 11.3 Å². The van der Waals surface area contributed by atoms with Crippen molar-refractivity contribution in [3.63, 3.8) is 0 Å². The number of methoxy groups -OCH3 is 3. The smallest absolute Gasteiger partial charge is 0.255 e. The average molecular weight is 471 g/mol. The number of allylic oxidation sites excluding steroid dienone is 1. The molecule has 0 saturated heterocycles. The number of rotatable bonds is 6. The summed E-state index contributed by atoms with van der Waals surface area (Å²) in [5.41, 5.74) is 4.29. The Labute approximate surface area is 203 Å². The van der Waals surface area contributed by atoms with Crippen LogP contribution in [-0.2, 0) is 4.79 Å². The van der Waals surface area contributed by atoms with E-state index in [1.54, 1.807) is 27.4 Å². The Morgan fingerprint density at radius 3 is 2.40 bits per heavy atom. The second-order valence-corrected chi connectivity index (χ2v) is 8.10. The van der Waals surface area contributed by atoms with Crippen molar-refractivity contribution in [2.45, 2.75) is 13.0 Å². The van der Waals surface area contributed by atoms with Gasteiger partial charge in [-0.3, -0.25) is 9.36 Å². The fourth-order valence-electron chi connectivity index (χ4n) is 4.62. The number of imidazole rings is 1. The van der Waals surface area contributed by atoms with Gasteiger partial charge >= 0.3 is 0 Å². The number of para-hydroxylation sites is 5. The molecule has 178 valence electrons. The summed E-state index contributed by atoms with van der Waals surface area (Å²) in [7, 11) is 4.77. The van der Waals surface area contributed by atoms with Crippen LogP contribution in [0.15, 0.2) is 78.0 Å². The number of aromatic nitrogens is 2. The van der Waals surface area contributed by atoms with Crippen LogP contribution >= 0.6 is 0 Å². The molecule has 8 nitrogen and oxygen atoms in total. The van der Waals surface area contributed by atoms with Crippen molar-refractivity contribution in [2.24, 2.45) is 0 Å². The van der Waals surface area contributed by atoms with E-state index in [4.69, 9.17) is 19.2 Å². The third-order valence-corrected chi connectivity index (χ3v) is 6.16. The molecule has 0 saturated carbocycles. The highest BCUT2D eigenvalue weighted by Crippen LogP contribution is 2.45. The van der Waals surface area contributed by atoms with Crippen LogP contribution in [0.4, 0.5) is 11.6 Å². The van der Waals surface area contributed by atoms with E-state index in [2.05, 4.69) is 10.6 Å². The summed E-state index contributed by atoms with van der Waals surface area (Å²) in [5.74, 6) is 2.09. The lowest BCUT2D eigenvalue weighted by Crippen LogP contribution is -2.31. The molecule has 4 aromatic rings. The molecule has 5 rings (SSSR count). The maximum absolute atomic E-state index is 13.9. The monoisotopic (exact) mass is 470 g/mol. The quantitative estimate of drug-likeness (QED) is 0.413. The van der Waals surface area contributed by atoms with Crippen LogP contribution in [0.2, 0.25) is 0 Å². The van der Waals surface area contributed by atoms with Gasteiger partial charge in [0.15, 0.2) is 11.5 Å². The number of nitrogens with zero attached hydrogens (tertiary/aromatic N) is 2. The molecule has 8 heteroatoms. The van der Waals surface area contributed by atoms with Crippen molar-refractivity contribution in [3.8, 4) is 17.2 Å². The lowest BCUT2D eigenvalue weighted by Gasteiger charge is -2.31. The highest BCUT2D eigenvalue weighted by Gasteiger charge is 2.36. The van der Waals surface area contributed by atoms with Crippen molar-refractivity contribution in [3.05, 3.63) is 83.6 Å². The number of fused-ring (bicyclic) bond motifs is 3. The van der Waals surface area contributed by atoms with E-state index in [1.165, 1.54) is 0 Å². The molecule has 35 heavy (non-hydrogen) atoms. The molecule has 0 unspecified atom stereocenters. The predicted octanol–water partition coefficient (Wildman–Crippen LogP) is 4.99. The molecular formula is C27H26N4O4. The Kier molecular flexibility index (Phi) is 5.78. The SMILES string of the molecule is COc1ccccc1NC(=O)C1=C(C)Nc2nc3ccccc3n2[C@H]1c1cccc(OC)c1OC. The summed E-state index contributed by atoms with van der Waals surface area (Å²) >= 11 is 0. The summed E-state index contributed by atoms with van der Waals surface area (Å²) in [4.78, 5) is 18.7. The zero-order chi connectivity index (χ0) is 24.5. The molecule has 0 bridgehead atoms. The van der Waals surface area contributed by atoms with Gasteiger partial charge in [-0.05, 0) is 37.3 Å². The number of anilines is 2. The first kappa shape index (κ1) is 22.3. The Balaban J connectivity index is 1.72. The maximum atomic E-state index is 13.9. The minimum Gasteiger partial charge on any atom is -0.495 e. The van der Waals surface area contributed by atoms with Crippen LogP contribution in [0.3, 0.4) is 0 Å². The van der Waals surface area contributed by atoms with E-state index in [9.17, 15) is 4.79 Å². The molecule has 1 aliphatic rings. The van der Waals surface area contributed by atoms with Crippen molar-refractivity contribution in [2.75, 3.05) is 32.0 Å². The van der Waals surface area contributed by atoms with Gasteiger partial charge in [-0.1, -0.05) is 36.4 Å². The topological polar surface area (TPSA) is 86.6 Å². The molecule has 0 fully saturated rings. The Morgan fingerprint density at radius 2 is 1.63 bits per heavy atom. The van der Waals surface area contributed by atoms with Gasteiger partial charge in [0.1, 0.15) is 5.75 Å². The number of carbonyl (C=O) groups is 1. The molecule has 0 spiro atoms. The van der Waals surface area contributed by atoms with E-state index < -0.39 is 6.04 Å². The number of amides is 1. The van der Waals surface area contributed by atoms with E-state index in [0.717, 1.165) is 16.6 Å². The second-order valence-electron chi connectivity index (χ2n) is 8.10. The minimum absolute atomic E-state index is 0.266. The number of carbonyl (C=O) groups excluding carboxylic acids is 1. The van der Waals surface area contributed by atoms with E-state index in [-0.39, 0.29) is 5.91 Å². The van der Waals surface area contributed by atoms with Crippen molar-refractivity contribution in [1.29, 1.82) is 0 Å². The molecule has 2 heterocycles. The fraction of sp³-hybridized carbons (Fsp3) is 0.185. The van der Waals surface area contributed by atoms with Crippen LogP contribution in [0.25, 0.3) is 11.0 Å². The summed E-state index contributed by atoms with van der Waals surface area (Å²) in [5, 5.41) is 6.36. The highest BCUT2D eigenvalue weighted by molar-refractivity contribution is 6.07. The summed E-state index contributed by atoms with van der Waals surface area (Å²) in [6.07, 6.45) is 0. The van der Waals surface area contributed by atoms with E-state index in [1.807, 2.05) is 72.2 Å². The molecule has 1 aliphatic heterocycles. The highest BCUT2D eigenvalue weighted by atomic mass is 16.5. The molecule has 0 radical (unpaired) electrons. The third-order valence-electron chi connectivity index (χ3n) is 6.16. The maximum Gasteiger partial charge on any atom is 0.255 e. The number of hydrogen-bond acceptors (Lipinski definition) is 6. The van der Waals surface area contributed by atoms with Crippen LogP contribution in [0.5, 0.6) is 17.2 Å². The lowest BCUT2D eigenvalue weighted by atomic mass is 9.93. The van der Waals surface area contributed by atoms with E-state index >= 15 is 0 Å². The van der Waals surface area contributed by atoms with Crippen molar-refractivity contribution in [1.82, 2.24) is 9.55 Å². The second kappa shape index (κ2) is 9.06. The minimum atomic E-state index is -0.529. The predicted molar refractivity (Wildman–Crippen MR) is 135 cm³/mol. The number of nitrogens with one attached hydrogen (secondary N) is 2. The molecule has 1 aromatic heterocycles. The standard InChI is InChI=1S/C27H26N4O4/c1-16-23(26(32)29-19-12-6-8-14-21(19)33-2)24(17-10-9-15-22(34-3)25(17)35-4)31-20-13-7-5-11-18(20)30-27(31)28-16/h5-15,24H,1-4H3,(H,28,30)(H,29,32)/t24-/m0/s1. The molecule has 1 amide bonds. The Hall–Kier alpha value is -4.46. The Bertz CT molecular complexity index is 1460.